The molecule has 2 aliphatic carbocycles. The van der Waals surface area contributed by atoms with E-state index in [1.165, 1.54) is 25.7 Å². The van der Waals surface area contributed by atoms with Crippen molar-refractivity contribution in [3.8, 4) is 0 Å². The first-order valence-electron chi connectivity index (χ1n) is 7.40. The van der Waals surface area contributed by atoms with Crippen LogP contribution in [-0.2, 0) is 9.47 Å². The number of nitrogens with one attached hydrogen (secondary N) is 1. The van der Waals surface area contributed by atoms with E-state index in [1.807, 2.05) is 0 Å². The highest BCUT2D eigenvalue weighted by atomic mass is 16.5. The van der Waals surface area contributed by atoms with Crippen molar-refractivity contribution in [1.82, 2.24) is 5.32 Å². The number of ether oxygens (including phenoxy) is 2. The van der Waals surface area contributed by atoms with Gasteiger partial charge in [-0.15, -0.1) is 0 Å². The van der Waals surface area contributed by atoms with Crippen molar-refractivity contribution in [2.75, 3.05) is 26.9 Å². The van der Waals surface area contributed by atoms with Gasteiger partial charge in [0, 0.05) is 25.2 Å². The average molecular weight is 269 g/mol. The van der Waals surface area contributed by atoms with Crippen LogP contribution in [0.3, 0.4) is 0 Å². The van der Waals surface area contributed by atoms with Crippen molar-refractivity contribution in [2.45, 2.75) is 51.2 Å². The Bertz CT molecular complexity index is 314. The molecule has 2 rings (SSSR count). The molecule has 0 heterocycles. The van der Waals surface area contributed by atoms with Crippen molar-refractivity contribution >= 4 is 5.96 Å². The van der Waals surface area contributed by atoms with E-state index in [-0.39, 0.29) is 0 Å². The van der Waals surface area contributed by atoms with E-state index in [2.05, 4.69) is 17.2 Å². The van der Waals surface area contributed by atoms with Crippen LogP contribution in [0.4, 0.5) is 0 Å². The molecule has 110 valence electrons. The number of hydrogen-bond donors (Lipinski definition) is 2. The largest absolute Gasteiger partial charge is 0.383 e. The minimum Gasteiger partial charge on any atom is -0.383 e. The van der Waals surface area contributed by atoms with Gasteiger partial charge in [0.15, 0.2) is 5.96 Å². The number of methoxy groups -OCH3 is 1. The van der Waals surface area contributed by atoms with E-state index in [1.54, 1.807) is 7.11 Å². The lowest BCUT2D eigenvalue weighted by molar-refractivity contribution is -0.125. The molecule has 0 saturated heterocycles. The molecule has 1 spiro atoms. The molecule has 0 bridgehead atoms. The minimum atomic E-state index is 0.303. The van der Waals surface area contributed by atoms with Gasteiger partial charge >= 0.3 is 0 Å². The van der Waals surface area contributed by atoms with Gasteiger partial charge in [0.1, 0.15) is 0 Å². The molecule has 2 unspecified atom stereocenters. The predicted octanol–water partition coefficient (Wildman–Crippen LogP) is 1.27. The lowest BCUT2D eigenvalue weighted by Gasteiger charge is -2.54. The molecule has 0 aromatic heterocycles. The number of guanidine groups is 1. The van der Waals surface area contributed by atoms with E-state index in [9.17, 15) is 0 Å². The number of aliphatic imine (C=N–C) groups is 1. The van der Waals surface area contributed by atoms with Crippen LogP contribution in [0.5, 0.6) is 0 Å². The van der Waals surface area contributed by atoms with Crippen LogP contribution in [0.25, 0.3) is 0 Å². The van der Waals surface area contributed by atoms with E-state index in [0.717, 1.165) is 13.0 Å². The van der Waals surface area contributed by atoms with Crippen LogP contribution in [0.2, 0.25) is 0 Å². The maximum absolute atomic E-state index is 5.94. The van der Waals surface area contributed by atoms with Gasteiger partial charge in [-0.2, -0.15) is 0 Å². The third-order valence-electron chi connectivity index (χ3n) is 4.59. The monoisotopic (exact) mass is 269 g/mol. The van der Waals surface area contributed by atoms with E-state index >= 15 is 0 Å². The summed E-state index contributed by atoms with van der Waals surface area (Å²) in [6.07, 6.45) is 6.57. The molecule has 2 atom stereocenters. The lowest BCUT2D eigenvalue weighted by atomic mass is 9.60. The third-order valence-corrected chi connectivity index (χ3v) is 4.59. The van der Waals surface area contributed by atoms with Crippen LogP contribution in [0.15, 0.2) is 4.99 Å². The van der Waals surface area contributed by atoms with Gasteiger partial charge in [-0.3, -0.25) is 4.99 Å². The summed E-state index contributed by atoms with van der Waals surface area (Å²) in [5.74, 6) is 0.545. The molecule has 3 N–H and O–H groups in total. The summed E-state index contributed by atoms with van der Waals surface area (Å²) in [5, 5.41) is 3.39. The molecule has 0 aromatic carbocycles. The Morgan fingerprint density at radius 2 is 2.16 bits per heavy atom. The molecular formula is C14H27N3O2. The molecule has 2 aliphatic rings. The molecule has 19 heavy (non-hydrogen) atoms. The SMILES string of the molecule is CCOC1CC(NC(N)=NCCOC)C12CCCC2. The minimum absolute atomic E-state index is 0.303. The van der Waals surface area contributed by atoms with Gasteiger partial charge in [-0.25, -0.2) is 0 Å². The summed E-state index contributed by atoms with van der Waals surface area (Å²) >= 11 is 0. The average Bonchev–Trinajstić information content (AvgIpc) is 2.90. The summed E-state index contributed by atoms with van der Waals surface area (Å²) in [7, 11) is 1.67. The smallest absolute Gasteiger partial charge is 0.188 e. The second-order valence-corrected chi connectivity index (χ2v) is 5.58. The van der Waals surface area contributed by atoms with Gasteiger partial charge in [0.25, 0.3) is 0 Å². The highest BCUT2D eigenvalue weighted by Crippen LogP contribution is 2.54. The summed E-state index contributed by atoms with van der Waals surface area (Å²) in [4.78, 5) is 4.28. The van der Waals surface area contributed by atoms with Crippen molar-refractivity contribution in [1.29, 1.82) is 0 Å². The summed E-state index contributed by atoms with van der Waals surface area (Å²) < 4.78 is 10.9. The highest BCUT2D eigenvalue weighted by molar-refractivity contribution is 5.78. The molecule has 5 nitrogen and oxygen atoms in total. The zero-order valence-electron chi connectivity index (χ0n) is 12.2. The molecule has 0 amide bonds. The second-order valence-electron chi connectivity index (χ2n) is 5.58. The van der Waals surface area contributed by atoms with Crippen LogP contribution in [-0.4, -0.2) is 45.0 Å². The fraction of sp³-hybridized carbons (Fsp3) is 0.929. The Morgan fingerprint density at radius 1 is 1.42 bits per heavy atom. The van der Waals surface area contributed by atoms with E-state index in [0.29, 0.717) is 36.7 Å². The van der Waals surface area contributed by atoms with Crippen LogP contribution in [0, 0.1) is 5.41 Å². The summed E-state index contributed by atoms with van der Waals surface area (Å²) in [6, 6.07) is 0.429. The Morgan fingerprint density at radius 3 is 2.79 bits per heavy atom. The first-order chi connectivity index (χ1) is 9.23. The zero-order chi connectivity index (χ0) is 13.7. The zero-order valence-corrected chi connectivity index (χ0v) is 12.2. The summed E-state index contributed by atoms with van der Waals surface area (Å²) in [5.41, 5.74) is 6.24. The molecule has 0 aromatic rings. The number of nitrogens with two attached hydrogens (primary N) is 1. The fourth-order valence-electron chi connectivity index (χ4n) is 3.57. The molecule has 5 heteroatoms. The van der Waals surface area contributed by atoms with Gasteiger partial charge in [0.2, 0.25) is 0 Å². The van der Waals surface area contributed by atoms with Crippen molar-refractivity contribution < 1.29 is 9.47 Å². The third kappa shape index (κ3) is 3.03. The number of nitrogens with zero attached hydrogens (tertiary/aromatic N) is 1. The predicted molar refractivity (Wildman–Crippen MR) is 76.2 cm³/mol. The Kier molecular flexibility index (Phi) is 5.05. The Balaban J connectivity index is 1.88. The molecular weight excluding hydrogens is 242 g/mol. The highest BCUT2D eigenvalue weighted by Gasteiger charge is 2.56. The molecule has 2 fully saturated rings. The standard InChI is InChI=1S/C14H27N3O2/c1-3-19-12-10-11(14(12)6-4-5-7-14)17-13(15)16-8-9-18-2/h11-12H,3-10H2,1-2H3,(H3,15,16,17). The van der Waals surface area contributed by atoms with Crippen molar-refractivity contribution in [3.05, 3.63) is 0 Å². The van der Waals surface area contributed by atoms with Crippen molar-refractivity contribution in [3.63, 3.8) is 0 Å². The number of rotatable bonds is 6. The summed E-state index contributed by atoms with van der Waals surface area (Å²) in [6.45, 7) is 4.10. The van der Waals surface area contributed by atoms with Crippen molar-refractivity contribution in [2.24, 2.45) is 16.1 Å². The normalized spacial score (nSPS) is 29.5. The van der Waals surface area contributed by atoms with Gasteiger partial charge in [-0.1, -0.05) is 12.8 Å². The van der Waals surface area contributed by atoms with Gasteiger partial charge in [-0.05, 0) is 26.2 Å². The van der Waals surface area contributed by atoms with Crippen LogP contribution >= 0.6 is 0 Å². The second kappa shape index (κ2) is 6.57. The Labute approximate surface area is 115 Å². The van der Waals surface area contributed by atoms with Gasteiger partial charge < -0.3 is 20.5 Å². The first-order valence-corrected chi connectivity index (χ1v) is 7.40. The lowest BCUT2D eigenvalue weighted by Crippen LogP contribution is -2.64. The quantitative estimate of drug-likeness (QED) is 0.433. The van der Waals surface area contributed by atoms with Gasteiger partial charge in [0.05, 0.1) is 19.3 Å². The molecule has 2 saturated carbocycles. The number of hydrogen-bond acceptors (Lipinski definition) is 3. The maximum Gasteiger partial charge on any atom is 0.188 e. The topological polar surface area (TPSA) is 68.9 Å². The fourth-order valence-corrected chi connectivity index (χ4v) is 3.57. The molecule has 0 aliphatic heterocycles. The van der Waals surface area contributed by atoms with E-state index in [4.69, 9.17) is 15.2 Å². The molecule has 0 radical (unpaired) electrons. The van der Waals surface area contributed by atoms with Crippen LogP contribution < -0.4 is 11.1 Å². The van der Waals surface area contributed by atoms with Crippen LogP contribution in [0.1, 0.15) is 39.0 Å². The maximum atomic E-state index is 5.94. The van der Waals surface area contributed by atoms with E-state index < -0.39 is 0 Å². The Hall–Kier alpha value is -0.810. The first kappa shape index (κ1) is 14.6.